The molecular weight excluding hydrogens is 232 g/mol. The van der Waals surface area contributed by atoms with Crippen LogP contribution >= 0.6 is 0 Å². The molecule has 0 bridgehead atoms. The molecule has 0 saturated heterocycles. The molecule has 19 heavy (non-hydrogen) atoms. The molecule has 2 heteroatoms. The third-order valence-electron chi connectivity index (χ3n) is 4.67. The van der Waals surface area contributed by atoms with Crippen LogP contribution < -0.4 is 10.6 Å². The largest absolute Gasteiger partial charge is 0.385 e. The van der Waals surface area contributed by atoms with E-state index in [0.717, 1.165) is 13.1 Å². The van der Waals surface area contributed by atoms with Crippen LogP contribution in [-0.2, 0) is 13.0 Å². The Bertz CT molecular complexity index is 451. The van der Waals surface area contributed by atoms with Crippen molar-refractivity contribution in [3.63, 3.8) is 0 Å². The van der Waals surface area contributed by atoms with Gasteiger partial charge in [0.15, 0.2) is 0 Å². The second kappa shape index (κ2) is 5.16. The maximum absolute atomic E-state index is 3.74. The minimum Gasteiger partial charge on any atom is -0.385 e. The standard InChI is InChI=1S/C17H26N2/c1-17(2)8-7-15(11-17)19-12-13-5-6-16-14(10-13)4-3-9-18-16/h5-6,10,15,18-19H,3-4,7-9,11-12H2,1-2H3. The van der Waals surface area contributed by atoms with Crippen LogP contribution in [0.3, 0.4) is 0 Å². The van der Waals surface area contributed by atoms with Crippen molar-refractivity contribution in [2.45, 2.75) is 58.5 Å². The van der Waals surface area contributed by atoms with Gasteiger partial charge >= 0.3 is 0 Å². The minimum atomic E-state index is 0.539. The van der Waals surface area contributed by atoms with E-state index in [1.54, 1.807) is 0 Å². The first-order valence-corrected chi connectivity index (χ1v) is 7.71. The van der Waals surface area contributed by atoms with Crippen molar-refractivity contribution in [1.29, 1.82) is 0 Å². The number of rotatable bonds is 3. The van der Waals surface area contributed by atoms with Gasteiger partial charge in [-0.1, -0.05) is 26.0 Å². The summed E-state index contributed by atoms with van der Waals surface area (Å²) in [5, 5.41) is 7.22. The maximum Gasteiger partial charge on any atom is 0.0372 e. The normalized spacial score (nSPS) is 24.8. The van der Waals surface area contributed by atoms with Crippen LogP contribution in [0.4, 0.5) is 5.69 Å². The highest BCUT2D eigenvalue weighted by Crippen LogP contribution is 2.37. The molecule has 104 valence electrons. The summed E-state index contributed by atoms with van der Waals surface area (Å²) in [4.78, 5) is 0. The van der Waals surface area contributed by atoms with Crippen molar-refractivity contribution in [3.05, 3.63) is 29.3 Å². The topological polar surface area (TPSA) is 24.1 Å². The number of hydrogen-bond donors (Lipinski definition) is 2. The smallest absolute Gasteiger partial charge is 0.0372 e. The van der Waals surface area contributed by atoms with Gasteiger partial charge in [-0.15, -0.1) is 0 Å². The fourth-order valence-corrected chi connectivity index (χ4v) is 3.51. The van der Waals surface area contributed by atoms with E-state index in [4.69, 9.17) is 0 Å². The van der Waals surface area contributed by atoms with Gasteiger partial charge in [0, 0.05) is 24.8 Å². The van der Waals surface area contributed by atoms with E-state index in [2.05, 4.69) is 42.7 Å². The molecule has 1 aromatic carbocycles. The second-order valence-electron chi connectivity index (χ2n) is 7.01. The first-order chi connectivity index (χ1) is 9.12. The minimum absolute atomic E-state index is 0.539. The molecule has 1 aliphatic carbocycles. The Labute approximate surface area is 117 Å². The average Bonchev–Trinajstić information content (AvgIpc) is 2.76. The van der Waals surface area contributed by atoms with Gasteiger partial charge < -0.3 is 10.6 Å². The highest BCUT2D eigenvalue weighted by atomic mass is 14.9. The van der Waals surface area contributed by atoms with E-state index in [9.17, 15) is 0 Å². The highest BCUT2D eigenvalue weighted by Gasteiger charge is 2.30. The first-order valence-electron chi connectivity index (χ1n) is 7.71. The summed E-state index contributed by atoms with van der Waals surface area (Å²) in [6.07, 6.45) is 6.51. The van der Waals surface area contributed by atoms with Crippen LogP contribution in [0, 0.1) is 5.41 Å². The third kappa shape index (κ3) is 3.11. The Hall–Kier alpha value is -1.02. The Morgan fingerprint density at radius 3 is 3.05 bits per heavy atom. The maximum atomic E-state index is 3.74. The van der Waals surface area contributed by atoms with E-state index in [0.29, 0.717) is 11.5 Å². The quantitative estimate of drug-likeness (QED) is 0.863. The fourth-order valence-electron chi connectivity index (χ4n) is 3.51. The second-order valence-corrected chi connectivity index (χ2v) is 7.01. The molecule has 0 amide bonds. The lowest BCUT2D eigenvalue weighted by Crippen LogP contribution is -2.27. The zero-order valence-electron chi connectivity index (χ0n) is 12.3. The van der Waals surface area contributed by atoms with Crippen molar-refractivity contribution in [3.8, 4) is 0 Å². The van der Waals surface area contributed by atoms with E-state index >= 15 is 0 Å². The van der Waals surface area contributed by atoms with Crippen LogP contribution in [0.2, 0.25) is 0 Å². The zero-order chi connectivity index (χ0) is 13.3. The molecule has 0 radical (unpaired) electrons. The molecule has 0 aromatic heterocycles. The number of benzene rings is 1. The number of aryl methyl sites for hydroxylation is 1. The van der Waals surface area contributed by atoms with Crippen molar-refractivity contribution >= 4 is 5.69 Å². The van der Waals surface area contributed by atoms with Gasteiger partial charge in [-0.05, 0) is 54.7 Å². The predicted molar refractivity (Wildman–Crippen MR) is 81.5 cm³/mol. The van der Waals surface area contributed by atoms with E-state index < -0.39 is 0 Å². The number of fused-ring (bicyclic) bond motifs is 1. The SMILES string of the molecule is CC1(C)CCC(NCc2ccc3c(c2)CCCN3)C1. The molecule has 3 rings (SSSR count). The van der Waals surface area contributed by atoms with Gasteiger partial charge in [-0.25, -0.2) is 0 Å². The van der Waals surface area contributed by atoms with Gasteiger partial charge in [-0.2, -0.15) is 0 Å². The van der Waals surface area contributed by atoms with Gasteiger partial charge in [0.1, 0.15) is 0 Å². The van der Waals surface area contributed by atoms with E-state index in [1.807, 2.05) is 0 Å². The lowest BCUT2D eigenvalue weighted by molar-refractivity contribution is 0.364. The number of anilines is 1. The lowest BCUT2D eigenvalue weighted by Gasteiger charge is -2.20. The summed E-state index contributed by atoms with van der Waals surface area (Å²) < 4.78 is 0. The molecule has 1 aromatic rings. The van der Waals surface area contributed by atoms with Crippen LogP contribution in [0.25, 0.3) is 0 Å². The zero-order valence-corrected chi connectivity index (χ0v) is 12.3. The first kappa shape index (κ1) is 13.0. The molecule has 2 aliphatic rings. The van der Waals surface area contributed by atoms with Gasteiger partial charge in [0.05, 0.1) is 0 Å². The number of nitrogens with one attached hydrogen (secondary N) is 2. The highest BCUT2D eigenvalue weighted by molar-refractivity contribution is 5.54. The average molecular weight is 258 g/mol. The fraction of sp³-hybridized carbons (Fsp3) is 0.647. The molecule has 2 nitrogen and oxygen atoms in total. The van der Waals surface area contributed by atoms with Crippen LogP contribution in [-0.4, -0.2) is 12.6 Å². The molecular formula is C17H26N2. The summed E-state index contributed by atoms with van der Waals surface area (Å²) in [7, 11) is 0. The van der Waals surface area contributed by atoms with Gasteiger partial charge in [-0.3, -0.25) is 0 Å². The summed E-state index contributed by atoms with van der Waals surface area (Å²) >= 11 is 0. The molecule has 1 atom stereocenters. The van der Waals surface area contributed by atoms with Gasteiger partial charge in [0.2, 0.25) is 0 Å². The molecule has 1 unspecified atom stereocenters. The predicted octanol–water partition coefficient (Wildman–Crippen LogP) is 3.71. The summed E-state index contributed by atoms with van der Waals surface area (Å²) in [6.45, 7) is 6.92. The summed E-state index contributed by atoms with van der Waals surface area (Å²) in [6, 6.07) is 7.62. The Morgan fingerprint density at radius 1 is 1.37 bits per heavy atom. The van der Waals surface area contributed by atoms with Crippen molar-refractivity contribution in [2.24, 2.45) is 5.41 Å². The van der Waals surface area contributed by atoms with Crippen molar-refractivity contribution in [1.82, 2.24) is 5.32 Å². The van der Waals surface area contributed by atoms with Crippen molar-refractivity contribution < 1.29 is 0 Å². The third-order valence-corrected chi connectivity index (χ3v) is 4.67. The Kier molecular flexibility index (Phi) is 3.53. The summed E-state index contributed by atoms with van der Waals surface area (Å²) in [5.74, 6) is 0. The Balaban J connectivity index is 1.58. The molecule has 1 aliphatic heterocycles. The van der Waals surface area contributed by atoms with Crippen LogP contribution in [0.1, 0.15) is 50.7 Å². The molecule has 0 spiro atoms. The summed E-state index contributed by atoms with van der Waals surface area (Å²) in [5.41, 5.74) is 4.82. The molecule has 1 heterocycles. The number of hydrogen-bond acceptors (Lipinski definition) is 2. The van der Waals surface area contributed by atoms with E-state index in [1.165, 1.54) is 48.9 Å². The monoisotopic (exact) mass is 258 g/mol. The molecule has 1 saturated carbocycles. The van der Waals surface area contributed by atoms with Crippen LogP contribution in [0.15, 0.2) is 18.2 Å². The van der Waals surface area contributed by atoms with E-state index in [-0.39, 0.29) is 0 Å². The van der Waals surface area contributed by atoms with Crippen molar-refractivity contribution in [2.75, 3.05) is 11.9 Å². The van der Waals surface area contributed by atoms with Gasteiger partial charge in [0.25, 0.3) is 0 Å². The Morgan fingerprint density at radius 2 is 2.26 bits per heavy atom. The molecule has 2 N–H and O–H groups in total. The van der Waals surface area contributed by atoms with Crippen LogP contribution in [0.5, 0.6) is 0 Å². The molecule has 1 fully saturated rings. The lowest BCUT2D eigenvalue weighted by atomic mass is 9.92.